The van der Waals surface area contributed by atoms with Crippen molar-refractivity contribution in [2.24, 2.45) is 5.92 Å². The van der Waals surface area contributed by atoms with Gasteiger partial charge in [-0.1, -0.05) is 13.8 Å². The van der Waals surface area contributed by atoms with Crippen molar-refractivity contribution in [1.29, 1.82) is 0 Å². The van der Waals surface area contributed by atoms with Gasteiger partial charge in [0.1, 0.15) is 11.8 Å². The molecule has 0 fully saturated rings. The SMILES string of the molecule is CC(C)CC(NC(=O)NC(C)c1ccco1)C(=O)O. The van der Waals surface area contributed by atoms with Gasteiger partial charge < -0.3 is 20.2 Å². The molecule has 1 heterocycles. The summed E-state index contributed by atoms with van der Waals surface area (Å²) in [6.45, 7) is 5.57. The van der Waals surface area contributed by atoms with Gasteiger partial charge in [-0.3, -0.25) is 0 Å². The van der Waals surface area contributed by atoms with Crippen molar-refractivity contribution in [2.75, 3.05) is 0 Å². The molecule has 0 saturated heterocycles. The summed E-state index contributed by atoms with van der Waals surface area (Å²) in [5, 5.41) is 14.1. The number of amides is 2. The first kappa shape index (κ1) is 15.1. The Labute approximate surface area is 112 Å². The quantitative estimate of drug-likeness (QED) is 0.737. The van der Waals surface area contributed by atoms with Crippen molar-refractivity contribution in [2.45, 2.75) is 39.3 Å². The van der Waals surface area contributed by atoms with Gasteiger partial charge in [-0.05, 0) is 31.4 Å². The Morgan fingerprint density at radius 1 is 1.32 bits per heavy atom. The molecule has 0 aliphatic rings. The molecule has 2 unspecified atom stereocenters. The maximum atomic E-state index is 11.7. The molecule has 6 heteroatoms. The van der Waals surface area contributed by atoms with E-state index in [9.17, 15) is 9.59 Å². The van der Waals surface area contributed by atoms with Gasteiger partial charge in [0.05, 0.1) is 12.3 Å². The lowest BCUT2D eigenvalue weighted by atomic mass is 10.0. The Hall–Kier alpha value is -1.98. The van der Waals surface area contributed by atoms with Gasteiger partial charge in [-0.25, -0.2) is 9.59 Å². The van der Waals surface area contributed by atoms with E-state index in [2.05, 4.69) is 10.6 Å². The van der Waals surface area contributed by atoms with Crippen LogP contribution >= 0.6 is 0 Å². The molecular weight excluding hydrogens is 248 g/mol. The molecular formula is C13H20N2O4. The third-order valence-electron chi connectivity index (χ3n) is 2.63. The maximum absolute atomic E-state index is 11.7. The second-order valence-electron chi connectivity index (χ2n) is 4.88. The second-order valence-corrected chi connectivity index (χ2v) is 4.88. The predicted molar refractivity (Wildman–Crippen MR) is 69.7 cm³/mol. The number of carboxylic acid groups (broad SMARTS) is 1. The normalized spacial score (nSPS) is 13.9. The molecule has 2 amide bonds. The summed E-state index contributed by atoms with van der Waals surface area (Å²) in [5.41, 5.74) is 0. The number of furan rings is 1. The molecule has 106 valence electrons. The number of nitrogens with one attached hydrogen (secondary N) is 2. The minimum Gasteiger partial charge on any atom is -0.480 e. The van der Waals surface area contributed by atoms with Crippen LogP contribution < -0.4 is 10.6 Å². The Morgan fingerprint density at radius 2 is 2.00 bits per heavy atom. The van der Waals surface area contributed by atoms with Gasteiger partial charge in [0.25, 0.3) is 0 Å². The number of aliphatic carboxylic acids is 1. The highest BCUT2D eigenvalue weighted by atomic mass is 16.4. The number of rotatable bonds is 6. The van der Waals surface area contributed by atoms with E-state index in [1.165, 1.54) is 6.26 Å². The number of carbonyl (C=O) groups excluding carboxylic acids is 1. The monoisotopic (exact) mass is 268 g/mol. The highest BCUT2D eigenvalue weighted by molar-refractivity contribution is 5.82. The molecule has 2 atom stereocenters. The summed E-state index contributed by atoms with van der Waals surface area (Å²) in [4.78, 5) is 22.7. The zero-order valence-electron chi connectivity index (χ0n) is 11.3. The van der Waals surface area contributed by atoms with Gasteiger partial charge in [0.2, 0.25) is 0 Å². The van der Waals surface area contributed by atoms with Crippen molar-refractivity contribution in [1.82, 2.24) is 10.6 Å². The third kappa shape index (κ3) is 5.03. The minimum atomic E-state index is -1.03. The lowest BCUT2D eigenvalue weighted by Gasteiger charge is -2.18. The molecule has 0 bridgehead atoms. The van der Waals surface area contributed by atoms with Crippen LogP contribution in [0.4, 0.5) is 4.79 Å². The average Bonchev–Trinajstić information content (AvgIpc) is 2.80. The molecule has 0 spiro atoms. The zero-order valence-corrected chi connectivity index (χ0v) is 11.3. The Balaban J connectivity index is 2.51. The molecule has 0 radical (unpaired) electrons. The average molecular weight is 268 g/mol. The molecule has 6 nitrogen and oxygen atoms in total. The van der Waals surface area contributed by atoms with E-state index in [-0.39, 0.29) is 12.0 Å². The highest BCUT2D eigenvalue weighted by Gasteiger charge is 2.22. The van der Waals surface area contributed by atoms with Crippen molar-refractivity contribution in [3.63, 3.8) is 0 Å². The van der Waals surface area contributed by atoms with Crippen LogP contribution in [0.2, 0.25) is 0 Å². The Kier molecular flexibility index (Phi) is 5.41. The lowest BCUT2D eigenvalue weighted by molar-refractivity contribution is -0.139. The van der Waals surface area contributed by atoms with Crippen LogP contribution in [0.1, 0.15) is 39.0 Å². The van der Waals surface area contributed by atoms with Crippen molar-refractivity contribution < 1.29 is 19.1 Å². The Bertz CT molecular complexity index is 414. The van der Waals surface area contributed by atoms with E-state index >= 15 is 0 Å². The highest BCUT2D eigenvalue weighted by Crippen LogP contribution is 2.12. The number of carboxylic acids is 1. The number of hydrogen-bond acceptors (Lipinski definition) is 3. The molecule has 19 heavy (non-hydrogen) atoms. The van der Waals surface area contributed by atoms with E-state index in [1.807, 2.05) is 13.8 Å². The number of urea groups is 1. The minimum absolute atomic E-state index is 0.184. The summed E-state index contributed by atoms with van der Waals surface area (Å²) in [7, 11) is 0. The summed E-state index contributed by atoms with van der Waals surface area (Å²) in [6.07, 6.45) is 1.90. The molecule has 1 rings (SSSR count). The first-order chi connectivity index (χ1) is 8.90. The summed E-state index contributed by atoms with van der Waals surface area (Å²) < 4.78 is 5.15. The van der Waals surface area contributed by atoms with Gasteiger partial charge in [-0.2, -0.15) is 0 Å². The van der Waals surface area contributed by atoms with Crippen LogP contribution in [-0.4, -0.2) is 23.1 Å². The smallest absolute Gasteiger partial charge is 0.326 e. The van der Waals surface area contributed by atoms with Crippen LogP contribution in [0.5, 0.6) is 0 Å². The van der Waals surface area contributed by atoms with E-state index in [0.717, 1.165) is 0 Å². The molecule has 3 N–H and O–H groups in total. The molecule has 0 aliphatic carbocycles. The maximum Gasteiger partial charge on any atom is 0.326 e. The largest absolute Gasteiger partial charge is 0.480 e. The van der Waals surface area contributed by atoms with E-state index in [4.69, 9.17) is 9.52 Å². The molecule has 0 aromatic carbocycles. The standard InChI is InChI=1S/C13H20N2O4/c1-8(2)7-10(12(16)17)15-13(18)14-9(3)11-5-4-6-19-11/h4-6,8-10H,7H2,1-3H3,(H,16,17)(H2,14,15,18). The first-order valence-electron chi connectivity index (χ1n) is 6.23. The van der Waals surface area contributed by atoms with Crippen LogP contribution in [0.15, 0.2) is 22.8 Å². The van der Waals surface area contributed by atoms with Crippen molar-refractivity contribution in [3.05, 3.63) is 24.2 Å². The summed E-state index contributed by atoms with van der Waals surface area (Å²) in [6, 6.07) is 1.75. The second kappa shape index (κ2) is 6.82. The van der Waals surface area contributed by atoms with Crippen LogP contribution in [0.3, 0.4) is 0 Å². The van der Waals surface area contributed by atoms with Crippen LogP contribution in [0.25, 0.3) is 0 Å². The van der Waals surface area contributed by atoms with E-state index < -0.39 is 18.0 Å². The van der Waals surface area contributed by atoms with Crippen molar-refractivity contribution >= 4 is 12.0 Å². The summed E-state index contributed by atoms with van der Waals surface area (Å²) >= 11 is 0. The molecule has 1 aromatic rings. The summed E-state index contributed by atoms with van der Waals surface area (Å²) in [5.74, 6) is -0.232. The van der Waals surface area contributed by atoms with Gasteiger partial charge >= 0.3 is 12.0 Å². The molecule has 0 saturated carbocycles. The molecule has 0 aliphatic heterocycles. The van der Waals surface area contributed by atoms with E-state index in [0.29, 0.717) is 12.2 Å². The topological polar surface area (TPSA) is 91.6 Å². The molecule has 1 aromatic heterocycles. The fraction of sp³-hybridized carbons (Fsp3) is 0.538. The van der Waals surface area contributed by atoms with Gasteiger partial charge in [0.15, 0.2) is 0 Å². The third-order valence-corrected chi connectivity index (χ3v) is 2.63. The predicted octanol–water partition coefficient (Wildman–Crippen LogP) is 2.14. The zero-order chi connectivity index (χ0) is 14.4. The first-order valence-corrected chi connectivity index (χ1v) is 6.23. The van der Waals surface area contributed by atoms with Crippen LogP contribution in [0, 0.1) is 5.92 Å². The van der Waals surface area contributed by atoms with Crippen molar-refractivity contribution in [3.8, 4) is 0 Å². The lowest BCUT2D eigenvalue weighted by Crippen LogP contribution is -2.47. The fourth-order valence-corrected chi connectivity index (χ4v) is 1.70. The Morgan fingerprint density at radius 3 is 2.47 bits per heavy atom. The number of carbonyl (C=O) groups is 2. The number of hydrogen-bond donors (Lipinski definition) is 3. The van der Waals surface area contributed by atoms with E-state index in [1.54, 1.807) is 19.1 Å². The van der Waals surface area contributed by atoms with Gasteiger partial charge in [-0.15, -0.1) is 0 Å². The van der Waals surface area contributed by atoms with Gasteiger partial charge in [0, 0.05) is 0 Å². The van der Waals surface area contributed by atoms with Crippen LogP contribution in [-0.2, 0) is 4.79 Å². The fourth-order valence-electron chi connectivity index (χ4n) is 1.70.